The predicted octanol–water partition coefficient (Wildman–Crippen LogP) is 3.03. The van der Waals surface area contributed by atoms with Gasteiger partial charge in [0.25, 0.3) is 0 Å². The van der Waals surface area contributed by atoms with Crippen molar-refractivity contribution in [3.63, 3.8) is 0 Å². The number of urea groups is 1. The van der Waals surface area contributed by atoms with Gasteiger partial charge in [-0.15, -0.1) is 0 Å². The molecule has 2 N–H and O–H groups in total. The van der Waals surface area contributed by atoms with Crippen molar-refractivity contribution in [3.8, 4) is 0 Å². The maximum absolute atomic E-state index is 12.0. The van der Waals surface area contributed by atoms with Gasteiger partial charge in [-0.3, -0.25) is 0 Å². The third-order valence-corrected chi connectivity index (χ3v) is 4.83. The third-order valence-electron chi connectivity index (χ3n) is 3.60. The summed E-state index contributed by atoms with van der Waals surface area (Å²) in [5.41, 5.74) is 0.755. The Morgan fingerprint density at radius 2 is 2.14 bits per heavy atom. The van der Waals surface area contributed by atoms with Gasteiger partial charge >= 0.3 is 6.03 Å². The molecule has 0 radical (unpaired) electrons. The lowest BCUT2D eigenvalue weighted by Crippen LogP contribution is -2.51. The number of hydrogen-bond donors (Lipinski definition) is 2. The zero-order valence-electron chi connectivity index (χ0n) is 13.4. The van der Waals surface area contributed by atoms with Crippen LogP contribution in [0.25, 0.3) is 0 Å². The minimum absolute atomic E-state index is 0.106. The van der Waals surface area contributed by atoms with Crippen LogP contribution in [-0.2, 0) is 11.3 Å². The smallest absolute Gasteiger partial charge is 0.315 e. The summed E-state index contributed by atoms with van der Waals surface area (Å²) in [6, 6.07) is 9.94. The molecule has 1 aromatic rings. The molecule has 1 saturated heterocycles. The van der Waals surface area contributed by atoms with Gasteiger partial charge in [0, 0.05) is 6.54 Å². The Morgan fingerprint density at radius 1 is 1.36 bits per heavy atom. The average Bonchev–Trinajstić information content (AvgIpc) is 2.99. The standard InChI is InChI=1S/C17H26N2O2S/c1-17(2,13-21-11-14-6-4-3-5-7-14)19-16(20)18-10-15-8-9-22-12-15/h3-7,15H,8-13H2,1-2H3,(H2,18,19,20). The van der Waals surface area contributed by atoms with E-state index in [2.05, 4.69) is 10.6 Å². The van der Waals surface area contributed by atoms with Gasteiger partial charge in [-0.1, -0.05) is 30.3 Å². The number of ether oxygens (including phenoxy) is 1. The van der Waals surface area contributed by atoms with E-state index in [1.54, 1.807) is 0 Å². The number of thioether (sulfide) groups is 1. The molecule has 5 heteroatoms. The fourth-order valence-electron chi connectivity index (χ4n) is 2.37. The van der Waals surface area contributed by atoms with E-state index in [4.69, 9.17) is 4.74 Å². The summed E-state index contributed by atoms with van der Waals surface area (Å²) in [6.45, 7) is 5.76. The maximum Gasteiger partial charge on any atom is 0.315 e. The number of amides is 2. The zero-order valence-corrected chi connectivity index (χ0v) is 14.2. The van der Waals surface area contributed by atoms with E-state index in [1.165, 1.54) is 12.2 Å². The molecule has 0 saturated carbocycles. The SMILES string of the molecule is CC(C)(COCc1ccccc1)NC(=O)NCC1CCSC1. The van der Waals surface area contributed by atoms with E-state index in [0.717, 1.165) is 17.9 Å². The van der Waals surface area contributed by atoms with Gasteiger partial charge in [-0.05, 0) is 43.3 Å². The molecule has 4 nitrogen and oxygen atoms in total. The fraction of sp³-hybridized carbons (Fsp3) is 0.588. The quantitative estimate of drug-likeness (QED) is 0.811. The molecular formula is C17H26N2O2S. The first-order chi connectivity index (χ1) is 10.6. The van der Waals surface area contributed by atoms with Gasteiger partial charge in [0.05, 0.1) is 18.8 Å². The molecular weight excluding hydrogens is 296 g/mol. The van der Waals surface area contributed by atoms with Crippen LogP contribution in [0.2, 0.25) is 0 Å². The highest BCUT2D eigenvalue weighted by molar-refractivity contribution is 7.99. The van der Waals surface area contributed by atoms with Gasteiger partial charge in [0.15, 0.2) is 0 Å². The molecule has 0 spiro atoms. The number of benzene rings is 1. The molecule has 1 fully saturated rings. The average molecular weight is 322 g/mol. The Labute approximate surface area is 137 Å². The van der Waals surface area contributed by atoms with Crippen LogP contribution in [0.3, 0.4) is 0 Å². The monoisotopic (exact) mass is 322 g/mol. The van der Waals surface area contributed by atoms with Crippen LogP contribution >= 0.6 is 11.8 Å². The Hall–Kier alpha value is -1.20. The first-order valence-corrected chi connectivity index (χ1v) is 8.96. The van der Waals surface area contributed by atoms with E-state index >= 15 is 0 Å². The molecule has 122 valence electrons. The van der Waals surface area contributed by atoms with Crippen molar-refractivity contribution in [3.05, 3.63) is 35.9 Å². The van der Waals surface area contributed by atoms with Crippen molar-refractivity contribution < 1.29 is 9.53 Å². The third kappa shape index (κ3) is 6.28. The van der Waals surface area contributed by atoms with Crippen LogP contribution in [0.4, 0.5) is 4.79 Å². The highest BCUT2D eigenvalue weighted by atomic mass is 32.2. The molecule has 22 heavy (non-hydrogen) atoms. The topological polar surface area (TPSA) is 50.4 Å². The van der Waals surface area contributed by atoms with Gasteiger partial charge in [0.2, 0.25) is 0 Å². The van der Waals surface area contributed by atoms with Crippen LogP contribution < -0.4 is 10.6 Å². The second-order valence-electron chi connectivity index (χ2n) is 6.43. The van der Waals surface area contributed by atoms with Crippen molar-refractivity contribution in [2.75, 3.05) is 24.7 Å². The number of nitrogens with one attached hydrogen (secondary N) is 2. The van der Waals surface area contributed by atoms with Crippen molar-refractivity contribution in [1.82, 2.24) is 10.6 Å². The summed E-state index contributed by atoms with van der Waals surface area (Å²) in [5, 5.41) is 5.95. The van der Waals surface area contributed by atoms with E-state index in [1.807, 2.05) is 55.9 Å². The van der Waals surface area contributed by atoms with Crippen LogP contribution in [-0.4, -0.2) is 36.2 Å². The Kier molecular flexibility index (Phi) is 6.58. The summed E-state index contributed by atoms with van der Waals surface area (Å²) < 4.78 is 5.72. The largest absolute Gasteiger partial charge is 0.374 e. The molecule has 1 heterocycles. The molecule has 0 aliphatic carbocycles. The van der Waals surface area contributed by atoms with Gasteiger partial charge in [-0.25, -0.2) is 4.79 Å². The lowest BCUT2D eigenvalue weighted by molar-refractivity contribution is 0.0743. The van der Waals surface area contributed by atoms with E-state index in [0.29, 0.717) is 19.1 Å². The molecule has 1 aromatic carbocycles. The first kappa shape index (κ1) is 17.2. The highest BCUT2D eigenvalue weighted by Gasteiger charge is 2.22. The van der Waals surface area contributed by atoms with E-state index < -0.39 is 0 Å². The summed E-state index contributed by atoms with van der Waals surface area (Å²) in [6.07, 6.45) is 1.20. The normalized spacial score (nSPS) is 18.2. The minimum atomic E-state index is -0.386. The molecule has 1 aliphatic rings. The lowest BCUT2D eigenvalue weighted by Gasteiger charge is -2.26. The van der Waals surface area contributed by atoms with Crippen molar-refractivity contribution in [2.45, 2.75) is 32.4 Å². The van der Waals surface area contributed by atoms with Crippen LogP contribution in [0, 0.1) is 5.92 Å². The number of carbonyl (C=O) groups excluding carboxylic acids is 1. The number of hydrogen-bond acceptors (Lipinski definition) is 3. The molecule has 1 unspecified atom stereocenters. The van der Waals surface area contributed by atoms with Gasteiger partial charge in [-0.2, -0.15) is 11.8 Å². The molecule has 0 bridgehead atoms. The Balaban J connectivity index is 1.64. The van der Waals surface area contributed by atoms with Crippen molar-refractivity contribution >= 4 is 17.8 Å². The highest BCUT2D eigenvalue weighted by Crippen LogP contribution is 2.22. The first-order valence-electron chi connectivity index (χ1n) is 7.80. The second kappa shape index (κ2) is 8.44. The fourth-order valence-corrected chi connectivity index (χ4v) is 3.65. The second-order valence-corrected chi connectivity index (χ2v) is 7.58. The molecule has 2 amide bonds. The van der Waals surface area contributed by atoms with Crippen LogP contribution in [0.1, 0.15) is 25.8 Å². The predicted molar refractivity (Wildman–Crippen MR) is 92.1 cm³/mol. The van der Waals surface area contributed by atoms with Crippen LogP contribution in [0.15, 0.2) is 30.3 Å². The van der Waals surface area contributed by atoms with Crippen molar-refractivity contribution in [1.29, 1.82) is 0 Å². The molecule has 1 atom stereocenters. The Morgan fingerprint density at radius 3 is 2.82 bits per heavy atom. The Bertz CT molecular complexity index is 459. The molecule has 0 aromatic heterocycles. The number of carbonyl (C=O) groups is 1. The van der Waals surface area contributed by atoms with Crippen molar-refractivity contribution in [2.24, 2.45) is 5.92 Å². The summed E-state index contributed by atoms with van der Waals surface area (Å²) in [4.78, 5) is 12.0. The lowest BCUT2D eigenvalue weighted by atomic mass is 10.1. The summed E-state index contributed by atoms with van der Waals surface area (Å²) in [7, 11) is 0. The summed E-state index contributed by atoms with van der Waals surface area (Å²) in [5.74, 6) is 2.99. The van der Waals surface area contributed by atoms with E-state index in [-0.39, 0.29) is 11.6 Å². The maximum atomic E-state index is 12.0. The molecule has 1 aliphatic heterocycles. The van der Waals surface area contributed by atoms with E-state index in [9.17, 15) is 4.79 Å². The zero-order chi connectivity index (χ0) is 15.8. The van der Waals surface area contributed by atoms with Gasteiger partial charge < -0.3 is 15.4 Å². The number of rotatable bonds is 7. The minimum Gasteiger partial charge on any atom is -0.374 e. The summed E-state index contributed by atoms with van der Waals surface area (Å²) >= 11 is 1.96. The van der Waals surface area contributed by atoms with Crippen LogP contribution in [0.5, 0.6) is 0 Å². The van der Waals surface area contributed by atoms with Gasteiger partial charge in [0.1, 0.15) is 0 Å². The molecule has 2 rings (SSSR count).